The molecule has 0 aromatic rings. The maximum atomic E-state index is 10.3. The van der Waals surface area contributed by atoms with Crippen molar-refractivity contribution in [2.45, 2.75) is 42.7 Å². The SMILES string of the molecule is O=C(O)[C@@H](O)[C@@H](O)[C@@H](O)[C@@H](O)[C@@H](O)[C@H](O)[C@@H](O)CO. The molecule has 0 bridgehead atoms. The van der Waals surface area contributed by atoms with Crippen LogP contribution in [0.3, 0.4) is 0 Å². The summed E-state index contributed by atoms with van der Waals surface area (Å²) >= 11 is 0. The third-order valence-electron chi connectivity index (χ3n) is 2.56. The van der Waals surface area contributed by atoms with Crippen LogP contribution in [0.5, 0.6) is 0 Å². The van der Waals surface area contributed by atoms with Crippen molar-refractivity contribution in [3.8, 4) is 0 Å². The number of hydrogen-bond acceptors (Lipinski definition) is 9. The molecule has 0 aliphatic rings. The normalized spacial score (nSPS) is 22.9. The molecule has 114 valence electrons. The summed E-state index contributed by atoms with van der Waals surface area (Å²) in [5, 5.41) is 81.4. The molecule has 0 aromatic carbocycles. The van der Waals surface area contributed by atoms with Gasteiger partial charge in [-0.2, -0.15) is 0 Å². The van der Waals surface area contributed by atoms with Gasteiger partial charge in [0.25, 0.3) is 0 Å². The van der Waals surface area contributed by atoms with Crippen molar-refractivity contribution < 1.29 is 50.8 Å². The zero-order valence-electron chi connectivity index (χ0n) is 9.68. The van der Waals surface area contributed by atoms with Crippen molar-refractivity contribution in [2.75, 3.05) is 6.61 Å². The molecule has 0 rings (SSSR count). The monoisotopic (exact) mass is 286 g/mol. The van der Waals surface area contributed by atoms with Crippen molar-refractivity contribution >= 4 is 5.97 Å². The number of rotatable bonds is 8. The Morgan fingerprint density at radius 3 is 1.47 bits per heavy atom. The van der Waals surface area contributed by atoms with Gasteiger partial charge in [0.15, 0.2) is 6.10 Å². The smallest absolute Gasteiger partial charge is 0.335 e. The van der Waals surface area contributed by atoms with E-state index in [9.17, 15) is 30.3 Å². The zero-order chi connectivity index (χ0) is 15.3. The Labute approximate surface area is 107 Å². The maximum absolute atomic E-state index is 10.3. The van der Waals surface area contributed by atoms with Crippen LogP contribution in [0.15, 0.2) is 0 Å². The molecule has 19 heavy (non-hydrogen) atoms. The highest BCUT2D eigenvalue weighted by Crippen LogP contribution is 2.13. The number of hydrogen-bond donors (Lipinski definition) is 9. The summed E-state index contributed by atoms with van der Waals surface area (Å²) in [6, 6.07) is 0. The summed E-state index contributed by atoms with van der Waals surface area (Å²) in [5.41, 5.74) is 0. The Kier molecular flexibility index (Phi) is 7.33. The maximum Gasteiger partial charge on any atom is 0.335 e. The Morgan fingerprint density at radius 1 is 0.737 bits per heavy atom. The van der Waals surface area contributed by atoms with Crippen LogP contribution >= 0.6 is 0 Å². The second-order valence-corrected chi connectivity index (χ2v) is 3.99. The highest BCUT2D eigenvalue weighted by molar-refractivity contribution is 5.72. The van der Waals surface area contributed by atoms with Crippen LogP contribution in [-0.4, -0.2) is 101 Å². The number of carbonyl (C=O) groups is 1. The van der Waals surface area contributed by atoms with E-state index in [-0.39, 0.29) is 0 Å². The second kappa shape index (κ2) is 7.67. The van der Waals surface area contributed by atoms with Crippen molar-refractivity contribution in [2.24, 2.45) is 0 Å². The first kappa shape index (κ1) is 18.1. The molecule has 0 aliphatic carbocycles. The molecular formula is C9H18O10. The van der Waals surface area contributed by atoms with Crippen molar-refractivity contribution in [3.05, 3.63) is 0 Å². The van der Waals surface area contributed by atoms with Gasteiger partial charge in [0.05, 0.1) is 6.61 Å². The van der Waals surface area contributed by atoms with Gasteiger partial charge in [-0.3, -0.25) is 0 Å². The minimum atomic E-state index is -2.42. The number of aliphatic hydroxyl groups excluding tert-OH is 8. The molecule has 0 spiro atoms. The lowest BCUT2D eigenvalue weighted by Gasteiger charge is -2.31. The van der Waals surface area contributed by atoms with Gasteiger partial charge in [-0.15, -0.1) is 0 Å². The molecule has 0 saturated carbocycles. The lowest BCUT2D eigenvalue weighted by molar-refractivity contribution is -0.180. The third-order valence-corrected chi connectivity index (χ3v) is 2.56. The lowest BCUT2D eigenvalue weighted by atomic mass is 9.94. The Morgan fingerprint density at radius 2 is 1.11 bits per heavy atom. The highest BCUT2D eigenvalue weighted by Gasteiger charge is 2.40. The van der Waals surface area contributed by atoms with Crippen LogP contribution < -0.4 is 0 Å². The van der Waals surface area contributed by atoms with Crippen LogP contribution in [-0.2, 0) is 4.79 Å². The van der Waals surface area contributed by atoms with E-state index in [1.165, 1.54) is 0 Å². The minimum absolute atomic E-state index is 0.943. The van der Waals surface area contributed by atoms with Gasteiger partial charge in [0.2, 0.25) is 0 Å². The molecule has 0 amide bonds. The van der Waals surface area contributed by atoms with E-state index >= 15 is 0 Å². The molecule has 10 heteroatoms. The third kappa shape index (κ3) is 4.63. The van der Waals surface area contributed by atoms with Crippen LogP contribution in [0.25, 0.3) is 0 Å². The van der Waals surface area contributed by atoms with E-state index in [2.05, 4.69) is 0 Å². The molecule has 7 atom stereocenters. The van der Waals surface area contributed by atoms with Crippen molar-refractivity contribution in [1.82, 2.24) is 0 Å². The first-order chi connectivity index (χ1) is 8.64. The fraction of sp³-hybridized carbons (Fsp3) is 0.889. The summed E-state index contributed by atoms with van der Waals surface area (Å²) in [6.07, 6.45) is -15.4. The van der Waals surface area contributed by atoms with Gasteiger partial charge in [0.1, 0.15) is 36.6 Å². The van der Waals surface area contributed by atoms with E-state index in [0.717, 1.165) is 0 Å². The summed E-state index contributed by atoms with van der Waals surface area (Å²) in [6.45, 7) is -0.943. The highest BCUT2D eigenvalue weighted by atomic mass is 16.4. The minimum Gasteiger partial charge on any atom is -0.479 e. The van der Waals surface area contributed by atoms with Crippen LogP contribution in [0.1, 0.15) is 0 Å². The van der Waals surface area contributed by atoms with E-state index in [1.807, 2.05) is 0 Å². The Balaban J connectivity index is 4.71. The summed E-state index contributed by atoms with van der Waals surface area (Å²) in [7, 11) is 0. The number of aliphatic carboxylic acids is 1. The van der Waals surface area contributed by atoms with Crippen molar-refractivity contribution in [1.29, 1.82) is 0 Å². The average molecular weight is 286 g/mol. The van der Waals surface area contributed by atoms with E-state index < -0.39 is 55.3 Å². The first-order valence-corrected chi connectivity index (χ1v) is 5.25. The predicted molar refractivity (Wildman–Crippen MR) is 56.8 cm³/mol. The molecule has 9 N–H and O–H groups in total. The van der Waals surface area contributed by atoms with E-state index in [4.69, 9.17) is 20.4 Å². The Hall–Kier alpha value is -0.850. The summed E-state index contributed by atoms with van der Waals surface area (Å²) < 4.78 is 0. The van der Waals surface area contributed by atoms with Gasteiger partial charge in [0, 0.05) is 0 Å². The summed E-state index contributed by atoms with van der Waals surface area (Å²) in [5.74, 6) is -1.87. The molecule has 0 aliphatic heterocycles. The predicted octanol–water partition coefficient (Wildman–Crippen LogP) is -5.41. The van der Waals surface area contributed by atoms with E-state index in [0.29, 0.717) is 0 Å². The molecule has 0 saturated heterocycles. The van der Waals surface area contributed by atoms with Gasteiger partial charge >= 0.3 is 5.97 Å². The second-order valence-electron chi connectivity index (χ2n) is 3.99. The number of carboxylic acid groups (broad SMARTS) is 1. The van der Waals surface area contributed by atoms with Crippen LogP contribution in [0, 0.1) is 0 Å². The van der Waals surface area contributed by atoms with Gasteiger partial charge in [-0.1, -0.05) is 0 Å². The van der Waals surface area contributed by atoms with Crippen molar-refractivity contribution in [3.63, 3.8) is 0 Å². The van der Waals surface area contributed by atoms with Gasteiger partial charge < -0.3 is 46.0 Å². The van der Waals surface area contributed by atoms with Crippen LogP contribution in [0.2, 0.25) is 0 Å². The van der Waals surface area contributed by atoms with E-state index in [1.54, 1.807) is 0 Å². The first-order valence-electron chi connectivity index (χ1n) is 5.25. The fourth-order valence-corrected chi connectivity index (χ4v) is 1.27. The quantitative estimate of drug-likeness (QED) is 0.207. The molecule has 0 radical (unpaired) electrons. The topological polar surface area (TPSA) is 199 Å². The lowest BCUT2D eigenvalue weighted by Crippen LogP contribution is -2.55. The molecule has 0 aromatic heterocycles. The van der Waals surface area contributed by atoms with Crippen LogP contribution in [0.4, 0.5) is 0 Å². The molecule has 10 nitrogen and oxygen atoms in total. The number of aliphatic hydroxyl groups is 8. The molecular weight excluding hydrogens is 268 g/mol. The standard InChI is InChI=1S/C9H18O10/c10-1-2(11)3(12)4(13)5(14)6(15)7(16)8(17)9(18)19/h2-8,10-17H,1H2,(H,18,19)/t2-,3+,4-,5-,6-,7-,8-/m0/s1. The molecule has 0 heterocycles. The summed E-state index contributed by atoms with van der Waals surface area (Å²) in [4.78, 5) is 10.3. The van der Waals surface area contributed by atoms with Gasteiger partial charge in [-0.25, -0.2) is 4.79 Å². The largest absolute Gasteiger partial charge is 0.479 e. The van der Waals surface area contributed by atoms with Gasteiger partial charge in [-0.05, 0) is 0 Å². The zero-order valence-corrected chi connectivity index (χ0v) is 9.68. The fourth-order valence-electron chi connectivity index (χ4n) is 1.27. The average Bonchev–Trinajstić information content (AvgIpc) is 2.40. The molecule has 0 fully saturated rings. The number of carboxylic acids is 1. The molecule has 0 unspecified atom stereocenters. The Bertz CT molecular complexity index is 284.